The second-order valence-corrected chi connectivity index (χ2v) is 5.82. The zero-order valence-electron chi connectivity index (χ0n) is 11.1. The fourth-order valence-electron chi connectivity index (χ4n) is 1.47. The van der Waals surface area contributed by atoms with E-state index in [-0.39, 0.29) is 23.6 Å². The highest BCUT2D eigenvalue weighted by atomic mass is 32.2. The van der Waals surface area contributed by atoms with Crippen molar-refractivity contribution in [3.63, 3.8) is 0 Å². The maximum Gasteiger partial charge on any atom is 0.306 e. The molecule has 0 bridgehead atoms. The number of esters is 1. The third-order valence-corrected chi connectivity index (χ3v) is 4.51. The minimum Gasteiger partial charge on any atom is -0.495 e. The summed E-state index contributed by atoms with van der Waals surface area (Å²) in [5.74, 6) is -0.186. The number of sulfonamides is 1. The lowest BCUT2D eigenvalue weighted by Gasteiger charge is -2.18. The van der Waals surface area contributed by atoms with Gasteiger partial charge in [0.05, 0.1) is 20.6 Å². The summed E-state index contributed by atoms with van der Waals surface area (Å²) >= 11 is 0. The van der Waals surface area contributed by atoms with Gasteiger partial charge in [0, 0.05) is 13.6 Å². The zero-order chi connectivity index (χ0) is 14.5. The zero-order valence-corrected chi connectivity index (χ0v) is 11.9. The molecule has 0 aromatic heterocycles. The molecule has 0 heterocycles. The molecular formula is C12H17NO5S. The highest BCUT2D eigenvalue weighted by molar-refractivity contribution is 7.89. The van der Waals surface area contributed by atoms with Crippen molar-refractivity contribution in [1.82, 2.24) is 4.31 Å². The second-order valence-electron chi connectivity index (χ2n) is 3.80. The average Bonchev–Trinajstić information content (AvgIpc) is 2.43. The molecule has 0 amide bonds. The summed E-state index contributed by atoms with van der Waals surface area (Å²) in [5.41, 5.74) is 0. The van der Waals surface area contributed by atoms with Crippen molar-refractivity contribution in [3.05, 3.63) is 24.3 Å². The number of para-hydroxylation sites is 1. The van der Waals surface area contributed by atoms with Crippen LogP contribution in [0, 0.1) is 0 Å². The molecule has 0 atom stereocenters. The standard InChI is InChI=1S/C12H17NO5S/c1-13(9-8-12(14)18-3)19(15,16)11-7-5-4-6-10(11)17-2/h4-7H,8-9H2,1-3H3. The molecule has 1 aromatic rings. The van der Waals surface area contributed by atoms with Gasteiger partial charge in [0.1, 0.15) is 10.6 Å². The number of carbonyl (C=O) groups is 1. The molecule has 19 heavy (non-hydrogen) atoms. The fourth-order valence-corrected chi connectivity index (χ4v) is 2.79. The molecule has 6 nitrogen and oxygen atoms in total. The minimum atomic E-state index is -3.69. The molecule has 0 spiro atoms. The van der Waals surface area contributed by atoms with Crippen molar-refractivity contribution in [2.45, 2.75) is 11.3 Å². The maximum atomic E-state index is 12.3. The van der Waals surface area contributed by atoms with Gasteiger partial charge >= 0.3 is 5.97 Å². The Bertz CT molecular complexity index is 541. The van der Waals surface area contributed by atoms with Crippen LogP contribution < -0.4 is 4.74 Å². The van der Waals surface area contributed by atoms with E-state index in [4.69, 9.17) is 4.74 Å². The quantitative estimate of drug-likeness (QED) is 0.726. The normalized spacial score (nSPS) is 11.4. The van der Waals surface area contributed by atoms with Crippen LogP contribution >= 0.6 is 0 Å². The van der Waals surface area contributed by atoms with Crippen molar-refractivity contribution in [2.75, 3.05) is 27.8 Å². The van der Waals surface area contributed by atoms with Gasteiger partial charge in [0.2, 0.25) is 10.0 Å². The van der Waals surface area contributed by atoms with Gasteiger partial charge in [-0.15, -0.1) is 0 Å². The first kappa shape index (κ1) is 15.5. The predicted molar refractivity (Wildman–Crippen MR) is 69.4 cm³/mol. The van der Waals surface area contributed by atoms with Crippen LogP contribution in [0.4, 0.5) is 0 Å². The molecule has 0 radical (unpaired) electrons. The molecule has 0 fully saturated rings. The predicted octanol–water partition coefficient (Wildman–Crippen LogP) is 0.879. The Balaban J connectivity index is 2.94. The smallest absolute Gasteiger partial charge is 0.306 e. The van der Waals surface area contributed by atoms with E-state index in [1.54, 1.807) is 18.2 Å². The molecule has 0 aliphatic carbocycles. The van der Waals surface area contributed by atoms with Gasteiger partial charge < -0.3 is 9.47 Å². The van der Waals surface area contributed by atoms with Crippen molar-refractivity contribution < 1.29 is 22.7 Å². The second kappa shape index (κ2) is 6.53. The van der Waals surface area contributed by atoms with Crippen LogP contribution in [0.1, 0.15) is 6.42 Å². The molecule has 0 aliphatic rings. The van der Waals surface area contributed by atoms with E-state index in [9.17, 15) is 13.2 Å². The lowest BCUT2D eigenvalue weighted by atomic mass is 10.3. The van der Waals surface area contributed by atoms with Gasteiger partial charge in [0.25, 0.3) is 0 Å². The average molecular weight is 287 g/mol. The third kappa shape index (κ3) is 3.68. The number of nitrogens with zero attached hydrogens (tertiary/aromatic N) is 1. The molecule has 0 unspecified atom stereocenters. The van der Waals surface area contributed by atoms with E-state index in [0.29, 0.717) is 0 Å². The number of hydrogen-bond donors (Lipinski definition) is 0. The van der Waals surface area contributed by atoms with Gasteiger partial charge in [-0.2, -0.15) is 0 Å². The number of benzene rings is 1. The first-order valence-electron chi connectivity index (χ1n) is 5.59. The molecule has 7 heteroatoms. The molecule has 0 saturated heterocycles. The van der Waals surface area contributed by atoms with Gasteiger partial charge in [-0.05, 0) is 12.1 Å². The van der Waals surface area contributed by atoms with Crippen LogP contribution in [-0.4, -0.2) is 46.5 Å². The van der Waals surface area contributed by atoms with E-state index >= 15 is 0 Å². The Morgan fingerprint density at radius 2 is 1.89 bits per heavy atom. The number of carbonyl (C=O) groups excluding carboxylic acids is 1. The van der Waals surface area contributed by atoms with Crippen LogP contribution in [0.2, 0.25) is 0 Å². The molecule has 0 N–H and O–H groups in total. The summed E-state index contributed by atoms with van der Waals surface area (Å²) in [6.45, 7) is 0.0487. The Kier molecular flexibility index (Phi) is 5.31. The largest absolute Gasteiger partial charge is 0.495 e. The highest BCUT2D eigenvalue weighted by Gasteiger charge is 2.24. The van der Waals surface area contributed by atoms with E-state index in [2.05, 4.69) is 4.74 Å². The maximum absolute atomic E-state index is 12.3. The van der Waals surface area contributed by atoms with Crippen LogP contribution in [0.5, 0.6) is 5.75 Å². The Morgan fingerprint density at radius 1 is 1.26 bits per heavy atom. The van der Waals surface area contributed by atoms with Crippen LogP contribution in [0.3, 0.4) is 0 Å². The van der Waals surface area contributed by atoms with Crippen LogP contribution in [0.15, 0.2) is 29.2 Å². The highest BCUT2D eigenvalue weighted by Crippen LogP contribution is 2.25. The summed E-state index contributed by atoms with van der Waals surface area (Å²) < 4.78 is 35.2. The molecule has 1 rings (SSSR count). The molecule has 1 aromatic carbocycles. The van der Waals surface area contributed by atoms with Gasteiger partial charge in [-0.1, -0.05) is 12.1 Å². The van der Waals surface area contributed by atoms with Gasteiger partial charge in [-0.3, -0.25) is 4.79 Å². The summed E-state index contributed by atoms with van der Waals surface area (Å²) in [6.07, 6.45) is 0.00137. The van der Waals surface area contributed by atoms with Crippen molar-refractivity contribution in [1.29, 1.82) is 0 Å². The topological polar surface area (TPSA) is 72.9 Å². The third-order valence-electron chi connectivity index (χ3n) is 2.62. The van der Waals surface area contributed by atoms with Gasteiger partial charge in [0.15, 0.2) is 0 Å². The van der Waals surface area contributed by atoms with Crippen LogP contribution in [0.25, 0.3) is 0 Å². The van der Waals surface area contributed by atoms with Crippen molar-refractivity contribution in [2.24, 2.45) is 0 Å². The Morgan fingerprint density at radius 3 is 2.47 bits per heavy atom. The number of hydrogen-bond acceptors (Lipinski definition) is 5. The Labute approximate surface area is 113 Å². The monoisotopic (exact) mass is 287 g/mol. The van der Waals surface area contributed by atoms with Crippen molar-refractivity contribution in [3.8, 4) is 5.75 Å². The van der Waals surface area contributed by atoms with E-state index < -0.39 is 16.0 Å². The van der Waals surface area contributed by atoms with Gasteiger partial charge in [-0.25, -0.2) is 12.7 Å². The van der Waals surface area contributed by atoms with E-state index in [0.717, 1.165) is 4.31 Å². The van der Waals surface area contributed by atoms with Crippen molar-refractivity contribution >= 4 is 16.0 Å². The van der Waals surface area contributed by atoms with E-state index in [1.165, 1.54) is 27.3 Å². The summed E-state index contributed by atoms with van der Waals surface area (Å²) in [4.78, 5) is 11.1. The van der Waals surface area contributed by atoms with E-state index in [1.807, 2.05) is 0 Å². The number of rotatable bonds is 6. The summed E-state index contributed by atoms with van der Waals surface area (Å²) in [6, 6.07) is 6.33. The summed E-state index contributed by atoms with van der Waals surface area (Å²) in [5, 5.41) is 0. The molecular weight excluding hydrogens is 270 g/mol. The molecule has 106 valence electrons. The fraction of sp³-hybridized carbons (Fsp3) is 0.417. The number of methoxy groups -OCH3 is 2. The SMILES string of the molecule is COC(=O)CCN(C)S(=O)(=O)c1ccccc1OC. The Hall–Kier alpha value is -1.60. The lowest BCUT2D eigenvalue weighted by molar-refractivity contribution is -0.140. The minimum absolute atomic E-state index is 0.00137. The number of ether oxygens (including phenoxy) is 2. The molecule has 0 saturated carbocycles. The first-order valence-corrected chi connectivity index (χ1v) is 7.03. The molecule has 0 aliphatic heterocycles. The van der Waals surface area contributed by atoms with Crippen LogP contribution in [-0.2, 0) is 19.6 Å². The first-order chi connectivity index (χ1) is 8.93. The lowest BCUT2D eigenvalue weighted by Crippen LogP contribution is -2.29. The summed E-state index contributed by atoms with van der Waals surface area (Å²) in [7, 11) is 0.389.